The van der Waals surface area contributed by atoms with Crippen molar-refractivity contribution in [3.05, 3.63) is 35.4 Å². The van der Waals surface area contributed by atoms with Crippen molar-refractivity contribution in [3.63, 3.8) is 0 Å². The average Bonchev–Trinajstić information content (AvgIpc) is 2.54. The maximum absolute atomic E-state index is 12.0. The second-order valence-electron chi connectivity index (χ2n) is 5.50. The van der Waals surface area contributed by atoms with Gasteiger partial charge in [0, 0.05) is 19.6 Å². The van der Waals surface area contributed by atoms with E-state index in [2.05, 4.69) is 28.4 Å². The summed E-state index contributed by atoms with van der Waals surface area (Å²) in [6.45, 7) is 4.80. The van der Waals surface area contributed by atoms with Crippen molar-refractivity contribution >= 4 is 5.91 Å². The van der Waals surface area contributed by atoms with Gasteiger partial charge in [0.1, 0.15) is 6.10 Å². The van der Waals surface area contributed by atoms with Crippen LogP contribution in [0.4, 0.5) is 0 Å². The summed E-state index contributed by atoms with van der Waals surface area (Å²) in [5.41, 5.74) is 2.53. The molecule has 5 heteroatoms. The minimum absolute atomic E-state index is 0.0245. The van der Waals surface area contributed by atoms with Gasteiger partial charge in [-0.3, -0.25) is 9.69 Å². The first-order chi connectivity index (χ1) is 10.3. The monoisotopic (exact) mass is 290 g/mol. The normalized spacial score (nSPS) is 22.6. The molecule has 1 fully saturated rings. The fraction of sp³-hybridized carbons (Fsp3) is 0.562. The van der Waals surface area contributed by atoms with E-state index in [0.717, 1.165) is 26.1 Å². The molecule has 2 aliphatic rings. The number of hydrogen-bond donors (Lipinski definition) is 1. The quantitative estimate of drug-likeness (QED) is 0.889. The highest BCUT2D eigenvalue weighted by molar-refractivity contribution is 5.78. The lowest BCUT2D eigenvalue weighted by Crippen LogP contribution is -2.44. The van der Waals surface area contributed by atoms with Crippen LogP contribution in [0.25, 0.3) is 0 Å². The molecule has 114 valence electrons. The zero-order valence-corrected chi connectivity index (χ0v) is 12.2. The number of benzene rings is 1. The number of nitrogens with one attached hydrogen (secondary N) is 1. The van der Waals surface area contributed by atoms with Crippen LogP contribution < -0.4 is 5.32 Å². The van der Waals surface area contributed by atoms with Gasteiger partial charge in [0.2, 0.25) is 5.91 Å². The van der Waals surface area contributed by atoms with Crippen LogP contribution >= 0.6 is 0 Å². The highest BCUT2D eigenvalue weighted by Crippen LogP contribution is 2.26. The Labute approximate surface area is 125 Å². The molecule has 0 saturated carbocycles. The number of ether oxygens (including phenoxy) is 2. The van der Waals surface area contributed by atoms with Crippen molar-refractivity contribution < 1.29 is 14.3 Å². The largest absolute Gasteiger partial charge is 0.379 e. The van der Waals surface area contributed by atoms with Gasteiger partial charge >= 0.3 is 0 Å². The molecule has 2 heterocycles. The van der Waals surface area contributed by atoms with Crippen molar-refractivity contribution in [3.8, 4) is 0 Å². The number of nitrogens with zero attached hydrogens (tertiary/aromatic N) is 1. The van der Waals surface area contributed by atoms with E-state index in [1.807, 2.05) is 6.07 Å². The van der Waals surface area contributed by atoms with E-state index in [1.54, 1.807) is 0 Å². The third-order valence-corrected chi connectivity index (χ3v) is 4.05. The van der Waals surface area contributed by atoms with Crippen LogP contribution in [0, 0.1) is 0 Å². The van der Waals surface area contributed by atoms with Gasteiger partial charge in [0.15, 0.2) is 0 Å². The average molecular weight is 290 g/mol. The number of carbonyl (C=O) groups is 1. The number of carbonyl (C=O) groups excluding carboxylic acids is 1. The molecule has 1 aromatic carbocycles. The minimum Gasteiger partial charge on any atom is -0.379 e. The fourth-order valence-electron chi connectivity index (χ4n) is 2.87. The van der Waals surface area contributed by atoms with Gasteiger partial charge in [-0.2, -0.15) is 0 Å². The fourth-order valence-corrected chi connectivity index (χ4v) is 2.87. The Bertz CT molecular complexity index is 486. The van der Waals surface area contributed by atoms with Crippen LogP contribution in [-0.4, -0.2) is 56.8 Å². The predicted molar refractivity (Wildman–Crippen MR) is 79.1 cm³/mol. The molecular formula is C16H22N2O3. The molecule has 1 saturated heterocycles. The molecule has 0 aliphatic carbocycles. The lowest BCUT2D eigenvalue weighted by molar-refractivity contribution is -0.124. The van der Waals surface area contributed by atoms with Crippen molar-refractivity contribution in [1.82, 2.24) is 10.2 Å². The first-order valence-electron chi connectivity index (χ1n) is 7.59. The molecule has 0 aromatic heterocycles. The molecule has 1 amide bonds. The molecule has 0 bridgehead atoms. The van der Waals surface area contributed by atoms with Crippen molar-refractivity contribution in [2.24, 2.45) is 0 Å². The van der Waals surface area contributed by atoms with Crippen LogP contribution in [0.15, 0.2) is 24.3 Å². The topological polar surface area (TPSA) is 50.8 Å². The van der Waals surface area contributed by atoms with Gasteiger partial charge in [-0.05, 0) is 17.5 Å². The van der Waals surface area contributed by atoms with Crippen LogP contribution in [-0.2, 0) is 20.7 Å². The highest BCUT2D eigenvalue weighted by atomic mass is 16.5. The summed E-state index contributed by atoms with van der Waals surface area (Å²) < 4.78 is 11.1. The van der Waals surface area contributed by atoms with Crippen molar-refractivity contribution in [1.29, 1.82) is 0 Å². The standard InChI is InChI=1S/C16H22N2O3/c19-16(12-18-6-9-20-10-7-18)17-11-15-14-4-2-1-3-13(14)5-8-21-15/h1-4,15H,5-12H2,(H,17,19)/t15-/m1/s1. The summed E-state index contributed by atoms with van der Waals surface area (Å²) in [6, 6.07) is 8.31. The Balaban J connectivity index is 1.50. The Hall–Kier alpha value is -1.43. The molecule has 2 aliphatic heterocycles. The molecule has 1 aromatic rings. The van der Waals surface area contributed by atoms with Crippen LogP contribution in [0.1, 0.15) is 17.2 Å². The second-order valence-corrected chi connectivity index (χ2v) is 5.50. The number of hydrogen-bond acceptors (Lipinski definition) is 4. The summed E-state index contributed by atoms with van der Waals surface area (Å²) in [5, 5.41) is 2.99. The molecule has 1 atom stereocenters. The highest BCUT2D eigenvalue weighted by Gasteiger charge is 2.21. The number of amides is 1. The van der Waals surface area contributed by atoms with E-state index in [-0.39, 0.29) is 12.0 Å². The zero-order valence-electron chi connectivity index (χ0n) is 12.2. The summed E-state index contributed by atoms with van der Waals surface area (Å²) in [6.07, 6.45) is 0.928. The molecular weight excluding hydrogens is 268 g/mol. The van der Waals surface area contributed by atoms with Gasteiger partial charge in [-0.25, -0.2) is 0 Å². The van der Waals surface area contributed by atoms with E-state index in [9.17, 15) is 4.79 Å². The Morgan fingerprint density at radius 1 is 1.24 bits per heavy atom. The second kappa shape index (κ2) is 7.02. The molecule has 5 nitrogen and oxygen atoms in total. The zero-order chi connectivity index (χ0) is 14.5. The number of rotatable bonds is 4. The van der Waals surface area contributed by atoms with Crippen LogP contribution in [0.3, 0.4) is 0 Å². The molecule has 0 unspecified atom stereocenters. The van der Waals surface area contributed by atoms with Gasteiger partial charge in [-0.15, -0.1) is 0 Å². The molecule has 0 spiro atoms. The maximum atomic E-state index is 12.0. The smallest absolute Gasteiger partial charge is 0.234 e. The summed E-state index contributed by atoms with van der Waals surface area (Å²) >= 11 is 0. The molecule has 0 radical (unpaired) electrons. The maximum Gasteiger partial charge on any atom is 0.234 e. The van der Waals surface area contributed by atoms with E-state index in [4.69, 9.17) is 9.47 Å². The van der Waals surface area contributed by atoms with Crippen molar-refractivity contribution in [2.45, 2.75) is 12.5 Å². The molecule has 1 N–H and O–H groups in total. The summed E-state index contributed by atoms with van der Waals surface area (Å²) in [4.78, 5) is 14.1. The SMILES string of the molecule is O=C(CN1CCOCC1)NC[C@H]1OCCc2ccccc21. The van der Waals surface area contributed by atoms with E-state index in [0.29, 0.717) is 26.3 Å². The van der Waals surface area contributed by atoms with Gasteiger partial charge < -0.3 is 14.8 Å². The van der Waals surface area contributed by atoms with Crippen LogP contribution in [0.5, 0.6) is 0 Å². The third kappa shape index (κ3) is 3.81. The first kappa shape index (κ1) is 14.5. The van der Waals surface area contributed by atoms with Gasteiger partial charge in [-0.1, -0.05) is 24.3 Å². The first-order valence-corrected chi connectivity index (χ1v) is 7.59. The number of morpholine rings is 1. The Kier molecular flexibility index (Phi) is 4.85. The molecule has 21 heavy (non-hydrogen) atoms. The third-order valence-electron chi connectivity index (χ3n) is 4.05. The lowest BCUT2D eigenvalue weighted by Gasteiger charge is -2.28. The Morgan fingerprint density at radius 3 is 2.90 bits per heavy atom. The van der Waals surface area contributed by atoms with Gasteiger partial charge in [0.25, 0.3) is 0 Å². The van der Waals surface area contributed by atoms with E-state index < -0.39 is 0 Å². The van der Waals surface area contributed by atoms with E-state index in [1.165, 1.54) is 11.1 Å². The van der Waals surface area contributed by atoms with Crippen LogP contribution in [0.2, 0.25) is 0 Å². The lowest BCUT2D eigenvalue weighted by atomic mass is 9.97. The van der Waals surface area contributed by atoms with Crippen molar-refractivity contribution in [2.75, 3.05) is 46.0 Å². The Morgan fingerprint density at radius 2 is 2.05 bits per heavy atom. The minimum atomic E-state index is -0.0245. The predicted octanol–water partition coefficient (Wildman–Crippen LogP) is 0.749. The van der Waals surface area contributed by atoms with E-state index >= 15 is 0 Å². The summed E-state index contributed by atoms with van der Waals surface area (Å²) in [7, 11) is 0. The van der Waals surface area contributed by atoms with Gasteiger partial charge in [0.05, 0.1) is 26.4 Å². The molecule has 3 rings (SSSR count). The summed E-state index contributed by atoms with van der Waals surface area (Å²) in [5.74, 6) is 0.0588. The number of fused-ring (bicyclic) bond motifs is 1.